The molecule has 9 nitrogen and oxygen atoms in total. The highest BCUT2D eigenvalue weighted by atomic mass is 16.5. The minimum absolute atomic E-state index is 0.0129. The first-order valence-corrected chi connectivity index (χ1v) is 19.3. The van der Waals surface area contributed by atoms with Gasteiger partial charge in [-0.3, -0.25) is 9.80 Å². The molecule has 4 aliphatic heterocycles. The van der Waals surface area contributed by atoms with Crippen molar-refractivity contribution in [2.24, 2.45) is 11.8 Å². The van der Waals surface area contributed by atoms with Crippen LogP contribution in [0, 0.1) is 11.8 Å². The topological polar surface area (TPSA) is 111 Å². The summed E-state index contributed by atoms with van der Waals surface area (Å²) in [5.41, 5.74) is 5.55. The maximum atomic E-state index is 13.6. The lowest BCUT2D eigenvalue weighted by Gasteiger charge is -2.63. The lowest BCUT2D eigenvalue weighted by Crippen LogP contribution is -2.75. The van der Waals surface area contributed by atoms with E-state index in [4.69, 9.17) is 14.2 Å². The molecule has 0 unspecified atom stereocenters. The molecular formula is C41H45N3O6. The molecule has 5 heterocycles. The number of ether oxygens (including phenoxy) is 3. The lowest BCUT2D eigenvalue weighted by molar-refractivity contribution is -0.176. The third-order valence-electron chi connectivity index (χ3n) is 15.9. The fourth-order valence-electron chi connectivity index (χ4n) is 13.5. The lowest BCUT2D eigenvalue weighted by atomic mass is 9.47. The zero-order chi connectivity index (χ0) is 33.1. The summed E-state index contributed by atoms with van der Waals surface area (Å²) in [6.07, 6.45) is 8.44. The highest BCUT2D eigenvalue weighted by Gasteiger charge is 2.76. The molecular weight excluding hydrogens is 630 g/mol. The summed E-state index contributed by atoms with van der Waals surface area (Å²) in [4.78, 5) is 9.17. The smallest absolute Gasteiger partial charge is 0.166 e. The van der Waals surface area contributed by atoms with Crippen molar-refractivity contribution < 1.29 is 29.5 Å². The average Bonchev–Trinajstić information content (AvgIpc) is 4.00. The summed E-state index contributed by atoms with van der Waals surface area (Å²) in [5, 5.41) is 38.4. The van der Waals surface area contributed by atoms with E-state index >= 15 is 0 Å². The Kier molecular flexibility index (Phi) is 4.92. The highest BCUT2D eigenvalue weighted by molar-refractivity contribution is 5.68. The molecule has 6 aliphatic carbocycles. The molecule has 2 aromatic carbocycles. The molecule has 4 bridgehead atoms. The van der Waals surface area contributed by atoms with Gasteiger partial charge in [0, 0.05) is 49.1 Å². The van der Waals surface area contributed by atoms with Crippen LogP contribution in [0.25, 0.3) is 0 Å². The molecule has 2 saturated heterocycles. The zero-order valence-electron chi connectivity index (χ0n) is 28.6. The average molecular weight is 676 g/mol. The first-order chi connectivity index (χ1) is 24.3. The van der Waals surface area contributed by atoms with Crippen LogP contribution in [0.3, 0.4) is 0 Å². The number of aromatic nitrogens is 1. The quantitative estimate of drug-likeness (QED) is 0.320. The van der Waals surface area contributed by atoms with Crippen LogP contribution in [-0.4, -0.2) is 86.7 Å². The van der Waals surface area contributed by atoms with Gasteiger partial charge in [-0.1, -0.05) is 12.1 Å². The van der Waals surface area contributed by atoms with Gasteiger partial charge in [-0.05, 0) is 111 Å². The van der Waals surface area contributed by atoms with E-state index in [0.717, 1.165) is 109 Å². The number of nitrogens with zero attached hydrogens (tertiary/aromatic N) is 2. The summed E-state index contributed by atoms with van der Waals surface area (Å²) in [7, 11) is 1.71. The second kappa shape index (κ2) is 8.68. The summed E-state index contributed by atoms with van der Waals surface area (Å²) in [6.45, 7) is 3.94. The van der Waals surface area contributed by atoms with Crippen LogP contribution < -0.4 is 14.2 Å². The summed E-state index contributed by atoms with van der Waals surface area (Å²) >= 11 is 0. The highest BCUT2D eigenvalue weighted by Crippen LogP contribution is 2.73. The third-order valence-corrected chi connectivity index (χ3v) is 15.9. The fraction of sp³-hybridized carbons (Fsp3) is 0.610. The Morgan fingerprint density at radius 3 is 1.82 bits per heavy atom. The van der Waals surface area contributed by atoms with E-state index < -0.39 is 34.2 Å². The number of hydrogen-bond acceptors (Lipinski definition) is 8. The summed E-state index contributed by atoms with van der Waals surface area (Å²) < 4.78 is 20.0. The number of aliphatic hydroxyl groups is 2. The number of likely N-dealkylation sites (tertiary alicyclic amines) is 2. The Morgan fingerprint density at radius 2 is 1.28 bits per heavy atom. The van der Waals surface area contributed by atoms with Crippen molar-refractivity contribution in [2.75, 3.05) is 33.3 Å². The van der Waals surface area contributed by atoms with Gasteiger partial charge in [0.15, 0.2) is 35.2 Å². The molecule has 2 spiro atoms. The zero-order valence-corrected chi connectivity index (χ0v) is 28.6. The van der Waals surface area contributed by atoms with Gasteiger partial charge in [0.2, 0.25) is 0 Å². The van der Waals surface area contributed by atoms with Crippen LogP contribution in [-0.2, 0) is 36.5 Å². The van der Waals surface area contributed by atoms with E-state index in [2.05, 4.69) is 33.0 Å². The minimum atomic E-state index is -1.08. The molecule has 2 saturated carbocycles. The first kappa shape index (κ1) is 28.4. The number of nitrogens with one attached hydrogen (secondary N) is 1. The number of H-pyrrole nitrogens is 1. The van der Waals surface area contributed by atoms with E-state index in [1.807, 2.05) is 0 Å². The Balaban J connectivity index is 1.03. The number of benzene rings is 2. The molecule has 4 fully saturated rings. The maximum absolute atomic E-state index is 13.6. The molecule has 13 rings (SSSR count). The van der Waals surface area contributed by atoms with Gasteiger partial charge in [0.25, 0.3) is 0 Å². The molecule has 9 heteroatoms. The van der Waals surface area contributed by atoms with Crippen molar-refractivity contribution in [1.29, 1.82) is 0 Å². The monoisotopic (exact) mass is 675 g/mol. The Morgan fingerprint density at radius 1 is 0.760 bits per heavy atom. The molecule has 50 heavy (non-hydrogen) atoms. The largest absolute Gasteiger partial charge is 0.504 e. The van der Waals surface area contributed by atoms with Crippen LogP contribution in [0.15, 0.2) is 24.3 Å². The number of hydrogen-bond donors (Lipinski definition) is 4. The number of methoxy groups -OCH3 is 1. The molecule has 260 valence electrons. The van der Waals surface area contributed by atoms with Crippen molar-refractivity contribution in [3.05, 3.63) is 69.0 Å². The molecule has 1 aromatic heterocycles. The van der Waals surface area contributed by atoms with Gasteiger partial charge < -0.3 is 34.5 Å². The van der Waals surface area contributed by atoms with Crippen LogP contribution in [0.4, 0.5) is 0 Å². The molecule has 8 atom stereocenters. The molecule has 4 N–H and O–H groups in total. The second-order valence-electron chi connectivity index (χ2n) is 17.9. The Bertz CT molecular complexity index is 2070. The van der Waals surface area contributed by atoms with Gasteiger partial charge in [-0.15, -0.1) is 0 Å². The van der Waals surface area contributed by atoms with E-state index in [-0.39, 0.29) is 17.8 Å². The molecule has 3 aromatic rings. The van der Waals surface area contributed by atoms with Crippen LogP contribution in [0.2, 0.25) is 0 Å². The summed E-state index contributed by atoms with van der Waals surface area (Å²) in [5.74, 6) is 3.68. The van der Waals surface area contributed by atoms with E-state index in [1.165, 1.54) is 36.8 Å². The van der Waals surface area contributed by atoms with E-state index in [1.54, 1.807) is 13.2 Å². The number of rotatable bonds is 5. The second-order valence-corrected chi connectivity index (χ2v) is 17.9. The first-order valence-electron chi connectivity index (χ1n) is 19.3. The van der Waals surface area contributed by atoms with Gasteiger partial charge in [0.1, 0.15) is 0 Å². The van der Waals surface area contributed by atoms with Crippen molar-refractivity contribution >= 4 is 0 Å². The molecule has 10 aliphatic rings. The standard InChI is InChI=1S/C41H45N3O6/c1-48-27-9-7-23-15-29-41(47)17-25-24-16-40(46)28-14-22-6-8-26(45)34-30(22)38(40,10-12-43(28)18-20-2-3-20)36(49-34)32(24)42-33(25)37-39(41,31(23)35(27)50-37)11-13-44(29)19-21-4-5-21/h6-9,20-21,28-29,36-37,42,45-47H,2-5,10-19H2,1H3/t28-,29+,36-,37-,38-,39-,40+,41+/m0/s1. The van der Waals surface area contributed by atoms with Crippen molar-refractivity contribution in [2.45, 2.75) is 111 Å². The van der Waals surface area contributed by atoms with Crippen molar-refractivity contribution in [3.8, 4) is 23.0 Å². The summed E-state index contributed by atoms with van der Waals surface area (Å²) in [6, 6.07) is 8.08. The number of piperidine rings is 2. The van der Waals surface area contributed by atoms with Crippen molar-refractivity contribution in [3.63, 3.8) is 0 Å². The predicted molar refractivity (Wildman–Crippen MR) is 182 cm³/mol. The fourth-order valence-corrected chi connectivity index (χ4v) is 13.5. The van der Waals surface area contributed by atoms with Crippen LogP contribution >= 0.6 is 0 Å². The third kappa shape index (κ3) is 2.94. The van der Waals surface area contributed by atoms with Gasteiger partial charge >= 0.3 is 0 Å². The molecule has 0 radical (unpaired) electrons. The SMILES string of the molecule is COc1ccc2c3c1O[C@H]1c4[nH]c5c(c4C[C@@]4(O)[C@@H](C2)N(CC2CC2)CC[C@]314)C[C@@]1(O)[C@@H]2Cc3ccc(O)c4c3[C@@]1(CCN2CC1CC1)[C@H]5O4. The Labute approximate surface area is 291 Å². The Hall–Kier alpha value is -3.24. The number of phenolic OH excluding ortho intramolecular Hbond substituents is 1. The molecule has 0 amide bonds. The van der Waals surface area contributed by atoms with Gasteiger partial charge in [-0.25, -0.2) is 0 Å². The number of fused-ring (bicyclic) bond motifs is 5. The number of aromatic amines is 1. The maximum Gasteiger partial charge on any atom is 0.166 e. The van der Waals surface area contributed by atoms with Crippen LogP contribution in [0.1, 0.15) is 95.5 Å². The normalized spacial score (nSPS) is 40.7. The van der Waals surface area contributed by atoms with Gasteiger partial charge in [0.05, 0.1) is 40.5 Å². The predicted octanol–water partition coefficient (Wildman–Crippen LogP) is 4.13. The van der Waals surface area contributed by atoms with Crippen molar-refractivity contribution in [1.82, 2.24) is 14.8 Å². The number of phenols is 1. The van der Waals surface area contributed by atoms with E-state index in [9.17, 15) is 15.3 Å². The number of aromatic hydroxyl groups is 1. The van der Waals surface area contributed by atoms with E-state index in [0.29, 0.717) is 18.6 Å². The minimum Gasteiger partial charge on any atom is -0.504 e. The van der Waals surface area contributed by atoms with Crippen LogP contribution in [0.5, 0.6) is 23.0 Å². The van der Waals surface area contributed by atoms with Gasteiger partial charge in [-0.2, -0.15) is 0 Å².